The number of hydrazone groups is 1. The number of hydrogen-bond donors (Lipinski definition) is 1. The number of halogens is 2. The number of carbonyl (C=O) groups is 2. The predicted molar refractivity (Wildman–Crippen MR) is 150 cm³/mol. The van der Waals surface area contributed by atoms with Gasteiger partial charge in [0.15, 0.2) is 6.73 Å². The normalized spacial score (nSPS) is 17.1. The van der Waals surface area contributed by atoms with Crippen molar-refractivity contribution in [2.45, 2.75) is 38.5 Å². The molecule has 1 N–H and O–H groups in total. The number of nitrogens with zero attached hydrogens (tertiary/aromatic N) is 8. The van der Waals surface area contributed by atoms with Gasteiger partial charge in [0, 0.05) is 30.4 Å². The number of urea groups is 1. The summed E-state index contributed by atoms with van der Waals surface area (Å²) in [7, 11) is 0. The van der Waals surface area contributed by atoms with Crippen molar-refractivity contribution in [2.24, 2.45) is 5.10 Å². The molecule has 0 radical (unpaired) electrons. The van der Waals surface area contributed by atoms with Crippen LogP contribution in [0.5, 0.6) is 0 Å². The Balaban J connectivity index is 1.32. The molecular formula is C28H32F2N8O5. The lowest BCUT2D eigenvalue weighted by molar-refractivity contribution is -0.0605. The van der Waals surface area contributed by atoms with Crippen molar-refractivity contribution in [3.8, 4) is 5.69 Å². The van der Waals surface area contributed by atoms with Crippen LogP contribution in [0.1, 0.15) is 26.3 Å². The van der Waals surface area contributed by atoms with Gasteiger partial charge in [0.2, 0.25) is 0 Å². The Morgan fingerprint density at radius 2 is 1.84 bits per heavy atom. The lowest BCUT2D eigenvalue weighted by atomic mass is 9.85. The number of amides is 2. The molecule has 1 aromatic heterocycles. The van der Waals surface area contributed by atoms with Crippen LogP contribution in [-0.2, 0) is 15.1 Å². The number of rotatable bonds is 10. The summed E-state index contributed by atoms with van der Waals surface area (Å²) in [6.45, 7) is 5.24. The van der Waals surface area contributed by atoms with Crippen molar-refractivity contribution in [1.29, 1.82) is 0 Å². The van der Waals surface area contributed by atoms with Gasteiger partial charge in [-0.1, -0.05) is 11.3 Å². The number of benzene rings is 2. The largest absolute Gasteiger partial charge is 0.510 e. The van der Waals surface area contributed by atoms with E-state index in [0.717, 1.165) is 11.8 Å². The summed E-state index contributed by atoms with van der Waals surface area (Å²) < 4.78 is 40.7. The fourth-order valence-electron chi connectivity index (χ4n) is 5.06. The molecule has 0 spiro atoms. The number of β-amino-alcohol motifs (C(OH)–C–C–N with tert-alkyl or cyclic N) is 1. The third kappa shape index (κ3) is 6.35. The van der Waals surface area contributed by atoms with E-state index in [9.17, 15) is 19.1 Å². The van der Waals surface area contributed by atoms with E-state index in [2.05, 4.69) is 15.4 Å². The summed E-state index contributed by atoms with van der Waals surface area (Å²) in [6.07, 6.45) is 3.48. The monoisotopic (exact) mass is 598 g/mol. The lowest BCUT2D eigenvalue weighted by Gasteiger charge is -2.41. The number of aromatic nitrogens is 3. The van der Waals surface area contributed by atoms with Crippen molar-refractivity contribution in [1.82, 2.24) is 29.8 Å². The average Bonchev–Trinajstić information content (AvgIpc) is 3.73. The van der Waals surface area contributed by atoms with E-state index in [4.69, 9.17) is 9.47 Å². The fraction of sp³-hybridized carbons (Fsp3) is 0.393. The van der Waals surface area contributed by atoms with Crippen LogP contribution in [-0.4, -0.2) is 98.6 Å². The second kappa shape index (κ2) is 12.2. The molecule has 1 saturated heterocycles. The number of aliphatic hydroxyl groups is 1. The van der Waals surface area contributed by atoms with E-state index in [1.165, 1.54) is 22.3 Å². The molecule has 43 heavy (non-hydrogen) atoms. The van der Waals surface area contributed by atoms with Crippen LogP contribution < -0.4 is 4.90 Å². The van der Waals surface area contributed by atoms with E-state index in [1.807, 2.05) is 0 Å². The molecular weight excluding hydrogens is 566 g/mol. The molecule has 2 aliphatic rings. The van der Waals surface area contributed by atoms with Gasteiger partial charge < -0.3 is 24.4 Å². The highest BCUT2D eigenvalue weighted by molar-refractivity contribution is 5.94. The molecule has 2 amide bonds. The predicted octanol–water partition coefficient (Wildman–Crippen LogP) is 3.10. The molecule has 2 aliphatic heterocycles. The van der Waals surface area contributed by atoms with Crippen molar-refractivity contribution < 1.29 is 33.0 Å². The first kappa shape index (κ1) is 29.7. The van der Waals surface area contributed by atoms with Gasteiger partial charge in [-0.2, -0.15) is 5.10 Å². The molecule has 2 aromatic carbocycles. The zero-order valence-corrected chi connectivity index (χ0v) is 23.9. The molecule has 0 unspecified atom stereocenters. The Bertz CT molecular complexity index is 1470. The van der Waals surface area contributed by atoms with Gasteiger partial charge in [0.1, 0.15) is 30.2 Å². The summed E-state index contributed by atoms with van der Waals surface area (Å²) in [4.78, 5) is 29.9. The first-order valence-electron chi connectivity index (χ1n) is 13.6. The van der Waals surface area contributed by atoms with Crippen molar-refractivity contribution in [3.05, 3.63) is 72.1 Å². The first-order chi connectivity index (χ1) is 20.5. The molecule has 228 valence electrons. The quantitative estimate of drug-likeness (QED) is 0.350. The number of hydrogen-bond acceptors (Lipinski definition) is 10. The minimum Gasteiger partial charge on any atom is -0.432 e. The first-order valence-corrected chi connectivity index (χ1v) is 13.6. The Labute approximate surface area is 246 Å². The molecule has 3 heterocycles. The van der Waals surface area contributed by atoms with Crippen molar-refractivity contribution >= 4 is 24.2 Å². The molecule has 5 rings (SSSR count). The molecule has 15 heteroatoms. The lowest BCUT2D eigenvalue weighted by Crippen LogP contribution is -2.55. The maximum absolute atomic E-state index is 15.2. The number of ether oxygens (including phenoxy) is 2. The summed E-state index contributed by atoms with van der Waals surface area (Å²) in [5.74, 6) is -1.76. The van der Waals surface area contributed by atoms with Gasteiger partial charge in [-0.05, 0) is 51.1 Å². The number of anilines is 1. The minimum absolute atomic E-state index is 0.0883. The van der Waals surface area contributed by atoms with Gasteiger partial charge in [0.05, 0.1) is 36.8 Å². The third-order valence-electron chi connectivity index (χ3n) is 7.27. The van der Waals surface area contributed by atoms with Crippen LogP contribution in [0.25, 0.3) is 5.69 Å². The van der Waals surface area contributed by atoms with Crippen LogP contribution in [0, 0.1) is 11.6 Å². The van der Waals surface area contributed by atoms with Crippen LogP contribution in [0.3, 0.4) is 0 Å². The zero-order valence-electron chi connectivity index (χ0n) is 23.9. The van der Waals surface area contributed by atoms with Gasteiger partial charge >= 0.3 is 12.2 Å². The van der Waals surface area contributed by atoms with Crippen molar-refractivity contribution in [3.63, 3.8) is 0 Å². The zero-order chi connectivity index (χ0) is 30.7. The Morgan fingerprint density at radius 1 is 1.09 bits per heavy atom. The summed E-state index contributed by atoms with van der Waals surface area (Å²) in [6, 6.07) is 8.74. The summed E-state index contributed by atoms with van der Waals surface area (Å²) in [5.41, 5.74) is -0.793. The number of carbonyl (C=O) groups excluding carboxylic acids is 2. The van der Waals surface area contributed by atoms with E-state index in [1.54, 1.807) is 71.9 Å². The molecule has 0 aliphatic carbocycles. The van der Waals surface area contributed by atoms with Crippen molar-refractivity contribution in [2.75, 3.05) is 37.9 Å². The molecule has 0 saturated carbocycles. The maximum atomic E-state index is 15.2. The smallest absolute Gasteiger partial charge is 0.432 e. The van der Waals surface area contributed by atoms with Crippen LogP contribution in [0.2, 0.25) is 0 Å². The minimum atomic E-state index is -2.01. The Kier molecular flexibility index (Phi) is 8.43. The van der Waals surface area contributed by atoms with E-state index < -0.39 is 29.4 Å². The fourth-order valence-corrected chi connectivity index (χ4v) is 5.06. The van der Waals surface area contributed by atoms with Gasteiger partial charge in [-0.3, -0.25) is 9.91 Å². The van der Waals surface area contributed by atoms with Gasteiger partial charge in [0.25, 0.3) is 0 Å². The highest BCUT2D eigenvalue weighted by atomic mass is 19.1. The average molecular weight is 599 g/mol. The maximum Gasteiger partial charge on any atom is 0.510 e. The Morgan fingerprint density at radius 3 is 2.51 bits per heavy atom. The SMILES string of the molecule is CC(C)OC(=O)OCN1C=NN(C[C@](O)(c2ccc(F)cc2F)[C@@H](C)N2CCN(c3ccc(-n4ccnn4)cc3)C2=O)C1. The highest BCUT2D eigenvalue weighted by Crippen LogP contribution is 2.35. The molecule has 0 bridgehead atoms. The highest BCUT2D eigenvalue weighted by Gasteiger charge is 2.47. The van der Waals surface area contributed by atoms with Crippen LogP contribution in [0.4, 0.5) is 24.1 Å². The van der Waals surface area contributed by atoms with Gasteiger partial charge in [-0.25, -0.2) is 23.1 Å². The Hall–Kier alpha value is -4.79. The molecule has 3 aromatic rings. The summed E-state index contributed by atoms with van der Waals surface area (Å²) >= 11 is 0. The van der Waals surface area contributed by atoms with E-state index in [-0.39, 0.29) is 44.2 Å². The molecule has 2 atom stereocenters. The molecule has 1 fully saturated rings. The van der Waals surface area contributed by atoms with Crippen LogP contribution >= 0.6 is 0 Å². The second-order valence-electron chi connectivity index (χ2n) is 10.5. The topological polar surface area (TPSA) is 129 Å². The molecule has 13 nitrogen and oxygen atoms in total. The summed E-state index contributed by atoms with van der Waals surface area (Å²) in [5, 5.41) is 25.6. The van der Waals surface area contributed by atoms with Crippen LogP contribution in [0.15, 0.2) is 60.0 Å². The van der Waals surface area contributed by atoms with E-state index >= 15 is 4.39 Å². The van der Waals surface area contributed by atoms with E-state index in [0.29, 0.717) is 18.3 Å². The third-order valence-corrected chi connectivity index (χ3v) is 7.27. The second-order valence-corrected chi connectivity index (χ2v) is 10.5. The van der Waals surface area contributed by atoms with Gasteiger partial charge in [-0.15, -0.1) is 5.10 Å². The standard InChI is InChI=1S/C28H32F2N8O5/c1-19(2)43-27(40)42-18-34-16-32-35(17-34)15-28(41,24-9-4-21(29)14-25(24)30)20(3)36-12-13-37(26(36)39)22-5-7-23(8-6-22)38-11-10-31-33-38/h4-11,14,16,19-20,41H,12-13,15,17-18H2,1-3H3/t20-,28-/m1/s1.